The smallest absolute Gasteiger partial charge is 0.0948 e. The molecule has 1 aromatic rings. The van der Waals surface area contributed by atoms with E-state index in [9.17, 15) is 0 Å². The minimum absolute atomic E-state index is 0.223. The molecule has 2 unspecified atom stereocenters. The van der Waals surface area contributed by atoms with Crippen molar-refractivity contribution in [2.75, 3.05) is 6.61 Å². The summed E-state index contributed by atoms with van der Waals surface area (Å²) in [6, 6.07) is 0.315. The van der Waals surface area contributed by atoms with Crippen LogP contribution in [0.25, 0.3) is 0 Å². The van der Waals surface area contributed by atoms with Crippen LogP contribution in [0.2, 0.25) is 0 Å². The maximum atomic E-state index is 9.01. The van der Waals surface area contributed by atoms with Gasteiger partial charge in [0, 0.05) is 31.9 Å². The van der Waals surface area contributed by atoms with Gasteiger partial charge < -0.3 is 15.0 Å². The molecule has 0 aliphatic carbocycles. The molecule has 0 spiro atoms. The van der Waals surface area contributed by atoms with Crippen LogP contribution in [0.4, 0.5) is 0 Å². The van der Waals surface area contributed by atoms with Gasteiger partial charge in [-0.2, -0.15) is 0 Å². The molecule has 2 atom stereocenters. The first kappa shape index (κ1) is 12.2. The van der Waals surface area contributed by atoms with E-state index in [4.69, 9.17) is 5.11 Å². The van der Waals surface area contributed by atoms with Crippen molar-refractivity contribution in [2.24, 2.45) is 5.92 Å². The Morgan fingerprint density at radius 2 is 2.27 bits per heavy atom. The molecule has 0 amide bonds. The average Bonchev–Trinajstić information content (AvgIpc) is 2.71. The highest BCUT2D eigenvalue weighted by atomic mass is 16.3. The van der Waals surface area contributed by atoms with Crippen molar-refractivity contribution >= 4 is 0 Å². The van der Waals surface area contributed by atoms with Gasteiger partial charge in [0.1, 0.15) is 0 Å². The summed E-state index contributed by atoms with van der Waals surface area (Å²) in [5, 5.41) is 12.4. The molecule has 0 radical (unpaired) electrons. The molecular formula is C11H21N3O. The summed E-state index contributed by atoms with van der Waals surface area (Å²) < 4.78 is 2.11. The van der Waals surface area contributed by atoms with Crippen molar-refractivity contribution in [2.45, 2.75) is 39.9 Å². The molecule has 0 fully saturated rings. The molecule has 86 valence electrons. The Labute approximate surface area is 91.3 Å². The van der Waals surface area contributed by atoms with E-state index in [2.05, 4.69) is 28.7 Å². The van der Waals surface area contributed by atoms with E-state index < -0.39 is 0 Å². The Bertz CT molecular complexity index is 285. The molecule has 4 nitrogen and oxygen atoms in total. The quantitative estimate of drug-likeness (QED) is 0.738. The van der Waals surface area contributed by atoms with Gasteiger partial charge in [0.15, 0.2) is 0 Å². The van der Waals surface area contributed by atoms with Gasteiger partial charge in [-0.3, -0.25) is 0 Å². The minimum atomic E-state index is 0.223. The number of aliphatic hydroxyl groups excluding tert-OH is 1. The van der Waals surface area contributed by atoms with Crippen LogP contribution in [0, 0.1) is 5.92 Å². The third-order valence-corrected chi connectivity index (χ3v) is 2.89. The second-order valence-electron chi connectivity index (χ2n) is 4.00. The molecule has 1 heterocycles. The van der Waals surface area contributed by atoms with Crippen LogP contribution in [0.3, 0.4) is 0 Å². The van der Waals surface area contributed by atoms with Gasteiger partial charge in [-0.1, -0.05) is 6.92 Å². The Balaban J connectivity index is 2.43. The molecule has 0 aromatic carbocycles. The van der Waals surface area contributed by atoms with Gasteiger partial charge in [0.2, 0.25) is 0 Å². The zero-order chi connectivity index (χ0) is 11.3. The summed E-state index contributed by atoms with van der Waals surface area (Å²) in [6.07, 6.45) is 3.73. The molecular weight excluding hydrogens is 190 g/mol. The number of nitrogens with zero attached hydrogens (tertiary/aromatic N) is 2. The number of hydrogen-bond acceptors (Lipinski definition) is 3. The van der Waals surface area contributed by atoms with E-state index in [0.717, 1.165) is 13.1 Å². The monoisotopic (exact) mass is 211 g/mol. The van der Waals surface area contributed by atoms with Gasteiger partial charge in [-0.25, -0.2) is 4.98 Å². The van der Waals surface area contributed by atoms with Gasteiger partial charge in [0.05, 0.1) is 12.0 Å². The maximum absolute atomic E-state index is 9.01. The van der Waals surface area contributed by atoms with Crippen molar-refractivity contribution in [1.82, 2.24) is 14.9 Å². The van der Waals surface area contributed by atoms with E-state index in [1.807, 2.05) is 19.4 Å². The Kier molecular flexibility index (Phi) is 4.78. The minimum Gasteiger partial charge on any atom is -0.396 e. The lowest BCUT2D eigenvalue weighted by atomic mass is 10.1. The lowest BCUT2D eigenvalue weighted by molar-refractivity contribution is 0.206. The predicted molar refractivity (Wildman–Crippen MR) is 60.5 cm³/mol. The summed E-state index contributed by atoms with van der Waals surface area (Å²) >= 11 is 0. The fraction of sp³-hybridized carbons (Fsp3) is 0.727. The number of aromatic nitrogens is 2. The first-order valence-electron chi connectivity index (χ1n) is 5.52. The van der Waals surface area contributed by atoms with E-state index in [1.165, 1.54) is 5.69 Å². The first-order chi connectivity index (χ1) is 7.19. The van der Waals surface area contributed by atoms with Crippen LogP contribution in [0.1, 0.15) is 26.5 Å². The Morgan fingerprint density at radius 1 is 1.53 bits per heavy atom. The topological polar surface area (TPSA) is 50.1 Å². The number of aryl methyl sites for hydroxylation is 1. The largest absolute Gasteiger partial charge is 0.396 e. The number of imidazole rings is 1. The molecule has 0 aliphatic rings. The molecule has 15 heavy (non-hydrogen) atoms. The normalized spacial score (nSPS) is 15.2. The van der Waals surface area contributed by atoms with Gasteiger partial charge >= 0.3 is 0 Å². The zero-order valence-electron chi connectivity index (χ0n) is 9.77. The molecule has 0 saturated heterocycles. The van der Waals surface area contributed by atoms with E-state index in [1.54, 1.807) is 0 Å². The molecule has 2 N–H and O–H groups in total. The second kappa shape index (κ2) is 5.88. The Hall–Kier alpha value is -0.870. The van der Waals surface area contributed by atoms with Crippen molar-refractivity contribution in [3.63, 3.8) is 0 Å². The highest BCUT2D eigenvalue weighted by Gasteiger charge is 2.10. The van der Waals surface area contributed by atoms with Crippen molar-refractivity contribution in [3.8, 4) is 0 Å². The summed E-state index contributed by atoms with van der Waals surface area (Å²) in [6.45, 7) is 8.20. The van der Waals surface area contributed by atoms with Crippen LogP contribution in [0.5, 0.6) is 0 Å². The van der Waals surface area contributed by atoms with Crippen molar-refractivity contribution in [3.05, 3.63) is 18.2 Å². The number of nitrogens with one attached hydrogen (secondary N) is 1. The summed E-state index contributed by atoms with van der Waals surface area (Å²) in [5.41, 5.74) is 1.19. The van der Waals surface area contributed by atoms with Crippen LogP contribution >= 0.6 is 0 Å². The fourth-order valence-corrected chi connectivity index (χ4v) is 1.40. The SMILES string of the molecule is CCn1cncc1CNC(C)C(C)CO. The molecule has 0 aliphatic heterocycles. The standard InChI is InChI=1S/C11H21N3O/c1-4-14-8-12-5-11(14)6-13-10(3)9(2)7-15/h5,8-10,13,15H,4,6-7H2,1-3H3. The third-order valence-electron chi connectivity index (χ3n) is 2.89. The summed E-state index contributed by atoms with van der Waals surface area (Å²) in [5.74, 6) is 0.281. The Morgan fingerprint density at radius 3 is 2.87 bits per heavy atom. The number of hydrogen-bond donors (Lipinski definition) is 2. The van der Waals surface area contributed by atoms with Gasteiger partial charge in [0.25, 0.3) is 0 Å². The lowest BCUT2D eigenvalue weighted by Crippen LogP contribution is -2.33. The van der Waals surface area contributed by atoms with Gasteiger partial charge in [-0.15, -0.1) is 0 Å². The highest BCUT2D eigenvalue weighted by Crippen LogP contribution is 2.04. The number of rotatable bonds is 6. The molecule has 0 saturated carbocycles. The summed E-state index contributed by atoms with van der Waals surface area (Å²) in [4.78, 5) is 4.11. The third kappa shape index (κ3) is 3.32. The van der Waals surface area contributed by atoms with Crippen LogP contribution < -0.4 is 5.32 Å². The van der Waals surface area contributed by atoms with Gasteiger partial charge in [-0.05, 0) is 19.8 Å². The maximum Gasteiger partial charge on any atom is 0.0948 e. The zero-order valence-corrected chi connectivity index (χ0v) is 9.77. The van der Waals surface area contributed by atoms with E-state index in [0.29, 0.717) is 6.04 Å². The van der Waals surface area contributed by atoms with Crippen LogP contribution in [-0.2, 0) is 13.1 Å². The lowest BCUT2D eigenvalue weighted by Gasteiger charge is -2.19. The highest BCUT2D eigenvalue weighted by molar-refractivity contribution is 4.98. The molecule has 0 bridgehead atoms. The fourth-order valence-electron chi connectivity index (χ4n) is 1.40. The first-order valence-corrected chi connectivity index (χ1v) is 5.52. The second-order valence-corrected chi connectivity index (χ2v) is 4.00. The number of aliphatic hydroxyl groups is 1. The predicted octanol–water partition coefficient (Wildman–Crippen LogP) is 1.01. The molecule has 1 rings (SSSR count). The van der Waals surface area contributed by atoms with E-state index in [-0.39, 0.29) is 12.5 Å². The summed E-state index contributed by atoms with van der Waals surface area (Å²) in [7, 11) is 0. The molecule has 4 heteroatoms. The van der Waals surface area contributed by atoms with Crippen molar-refractivity contribution < 1.29 is 5.11 Å². The van der Waals surface area contributed by atoms with E-state index >= 15 is 0 Å². The van der Waals surface area contributed by atoms with Crippen molar-refractivity contribution in [1.29, 1.82) is 0 Å². The average molecular weight is 211 g/mol. The van der Waals surface area contributed by atoms with Crippen LogP contribution in [-0.4, -0.2) is 27.3 Å². The van der Waals surface area contributed by atoms with Crippen LogP contribution in [0.15, 0.2) is 12.5 Å². The molecule has 1 aromatic heterocycles.